The smallest absolute Gasteiger partial charge is 0.260 e. The van der Waals surface area contributed by atoms with E-state index in [1.807, 2.05) is 29.2 Å². The molecule has 4 nitrogen and oxygen atoms in total. The van der Waals surface area contributed by atoms with Gasteiger partial charge in [0.15, 0.2) is 6.61 Å². The van der Waals surface area contributed by atoms with E-state index < -0.39 is 0 Å². The van der Waals surface area contributed by atoms with Gasteiger partial charge in [0.25, 0.3) is 5.91 Å². The minimum atomic E-state index is -0.226. The molecule has 0 spiro atoms. The number of hydrogen-bond acceptors (Lipinski definition) is 3. The highest BCUT2D eigenvalue weighted by atomic mass is 79.9. The maximum atomic E-state index is 13.9. The molecule has 0 atom stereocenters. The fraction of sp³-hybridized carbons (Fsp3) is 0.350. The lowest BCUT2D eigenvalue weighted by molar-refractivity contribution is -0.133. The normalized spacial score (nSPS) is 14.4. The van der Waals surface area contributed by atoms with E-state index in [1.54, 1.807) is 17.0 Å². The highest BCUT2D eigenvalue weighted by Crippen LogP contribution is 2.26. The van der Waals surface area contributed by atoms with Gasteiger partial charge in [-0.15, -0.1) is 0 Å². The van der Waals surface area contributed by atoms with Gasteiger partial charge in [-0.05, 0) is 52.2 Å². The second-order valence-corrected chi connectivity index (χ2v) is 7.08. The second kappa shape index (κ2) is 8.54. The van der Waals surface area contributed by atoms with E-state index in [-0.39, 0.29) is 18.3 Å². The zero-order chi connectivity index (χ0) is 18.5. The van der Waals surface area contributed by atoms with Crippen LogP contribution in [0, 0.1) is 5.82 Å². The number of carbonyl (C=O) groups is 1. The van der Waals surface area contributed by atoms with Crippen LogP contribution in [0.3, 0.4) is 0 Å². The predicted octanol–water partition coefficient (Wildman–Crippen LogP) is 3.88. The summed E-state index contributed by atoms with van der Waals surface area (Å²) in [5, 5.41) is 0. The first-order chi connectivity index (χ1) is 12.6. The first-order valence-corrected chi connectivity index (χ1v) is 9.56. The molecule has 3 rings (SSSR count). The number of nitrogens with zero attached hydrogens (tertiary/aromatic N) is 2. The third kappa shape index (κ3) is 4.36. The van der Waals surface area contributed by atoms with Crippen molar-refractivity contribution in [3.63, 3.8) is 0 Å². The highest BCUT2D eigenvalue weighted by Gasteiger charge is 2.23. The Morgan fingerprint density at radius 2 is 1.88 bits per heavy atom. The van der Waals surface area contributed by atoms with Gasteiger partial charge in [0.05, 0.1) is 10.2 Å². The molecule has 0 aliphatic carbocycles. The van der Waals surface area contributed by atoms with Gasteiger partial charge in [0.1, 0.15) is 11.6 Å². The molecule has 26 heavy (non-hydrogen) atoms. The van der Waals surface area contributed by atoms with Crippen LogP contribution in [0.25, 0.3) is 0 Å². The number of carbonyl (C=O) groups excluding carboxylic acids is 1. The molecule has 1 saturated heterocycles. The van der Waals surface area contributed by atoms with Crippen LogP contribution in [0.5, 0.6) is 5.75 Å². The summed E-state index contributed by atoms with van der Waals surface area (Å²) in [7, 11) is 0. The van der Waals surface area contributed by atoms with Gasteiger partial charge in [0, 0.05) is 26.2 Å². The Morgan fingerprint density at radius 3 is 2.54 bits per heavy atom. The zero-order valence-electron chi connectivity index (χ0n) is 14.8. The van der Waals surface area contributed by atoms with Crippen molar-refractivity contribution < 1.29 is 13.9 Å². The van der Waals surface area contributed by atoms with Crippen molar-refractivity contribution in [2.45, 2.75) is 13.3 Å². The monoisotopic (exact) mass is 420 g/mol. The van der Waals surface area contributed by atoms with Crippen LogP contribution in [0.1, 0.15) is 12.5 Å². The number of benzene rings is 2. The Kier molecular flexibility index (Phi) is 6.14. The SMILES string of the molecule is CCc1ccc(OCC(=O)N2CCN(c3ccccc3F)CC2)c(Br)c1. The molecule has 0 unspecified atom stereocenters. The minimum absolute atomic E-state index is 0.00374. The van der Waals surface area contributed by atoms with Crippen molar-refractivity contribution >= 4 is 27.5 Å². The van der Waals surface area contributed by atoms with Crippen LogP contribution >= 0.6 is 15.9 Å². The number of halogens is 2. The standard InChI is InChI=1S/C20H22BrFN2O2/c1-2-15-7-8-19(16(21)13-15)26-14-20(25)24-11-9-23(10-12-24)18-6-4-3-5-17(18)22/h3-8,13H,2,9-12,14H2,1H3. The summed E-state index contributed by atoms with van der Waals surface area (Å²) in [6.45, 7) is 4.44. The Balaban J connectivity index is 1.52. The molecule has 0 aromatic heterocycles. The number of aryl methyl sites for hydroxylation is 1. The summed E-state index contributed by atoms with van der Waals surface area (Å²) in [5.41, 5.74) is 1.80. The van der Waals surface area contributed by atoms with Crippen molar-refractivity contribution in [3.8, 4) is 5.75 Å². The maximum Gasteiger partial charge on any atom is 0.260 e. The molecule has 0 saturated carbocycles. The molecule has 6 heteroatoms. The zero-order valence-corrected chi connectivity index (χ0v) is 16.3. The largest absolute Gasteiger partial charge is 0.483 e. The van der Waals surface area contributed by atoms with Crippen molar-refractivity contribution in [2.24, 2.45) is 0 Å². The molecule has 0 bridgehead atoms. The molecule has 2 aromatic rings. The Morgan fingerprint density at radius 1 is 1.15 bits per heavy atom. The van der Waals surface area contributed by atoms with Crippen molar-refractivity contribution in [1.82, 2.24) is 4.90 Å². The number of anilines is 1. The van der Waals surface area contributed by atoms with Crippen LogP contribution in [0.2, 0.25) is 0 Å². The fourth-order valence-corrected chi connectivity index (χ4v) is 3.56. The van der Waals surface area contributed by atoms with Gasteiger partial charge in [-0.2, -0.15) is 0 Å². The number of amides is 1. The lowest BCUT2D eigenvalue weighted by atomic mass is 10.2. The summed E-state index contributed by atoms with van der Waals surface area (Å²) < 4.78 is 20.4. The molecule has 2 aromatic carbocycles. The third-order valence-electron chi connectivity index (χ3n) is 4.58. The number of rotatable bonds is 5. The van der Waals surface area contributed by atoms with E-state index in [2.05, 4.69) is 22.9 Å². The van der Waals surface area contributed by atoms with Crippen LogP contribution in [0.4, 0.5) is 10.1 Å². The average Bonchev–Trinajstić information content (AvgIpc) is 2.67. The topological polar surface area (TPSA) is 32.8 Å². The van der Waals surface area contributed by atoms with Crippen molar-refractivity contribution in [2.75, 3.05) is 37.7 Å². The van der Waals surface area contributed by atoms with Crippen LogP contribution in [-0.2, 0) is 11.2 Å². The molecule has 1 aliphatic heterocycles. The summed E-state index contributed by atoms with van der Waals surface area (Å²) in [5.74, 6) is 0.390. The summed E-state index contributed by atoms with van der Waals surface area (Å²) >= 11 is 3.48. The number of para-hydroxylation sites is 1. The van der Waals surface area contributed by atoms with Crippen LogP contribution in [-0.4, -0.2) is 43.6 Å². The second-order valence-electron chi connectivity index (χ2n) is 6.23. The lowest BCUT2D eigenvalue weighted by Gasteiger charge is -2.36. The molecule has 0 N–H and O–H groups in total. The number of ether oxygens (including phenoxy) is 1. The Labute approximate surface area is 161 Å². The van der Waals surface area contributed by atoms with E-state index in [4.69, 9.17) is 4.74 Å². The minimum Gasteiger partial charge on any atom is -0.483 e. The maximum absolute atomic E-state index is 13.9. The molecule has 0 radical (unpaired) electrons. The molecule has 1 amide bonds. The van der Waals surface area contributed by atoms with E-state index in [0.29, 0.717) is 37.6 Å². The first-order valence-electron chi connectivity index (χ1n) is 8.77. The van der Waals surface area contributed by atoms with E-state index in [1.165, 1.54) is 11.6 Å². The first kappa shape index (κ1) is 18.7. The molecule has 1 aliphatic rings. The average molecular weight is 421 g/mol. The predicted molar refractivity (Wildman–Crippen MR) is 104 cm³/mol. The van der Waals surface area contributed by atoms with Gasteiger partial charge in [-0.3, -0.25) is 4.79 Å². The van der Waals surface area contributed by atoms with Gasteiger partial charge < -0.3 is 14.5 Å². The van der Waals surface area contributed by atoms with Gasteiger partial charge in [-0.1, -0.05) is 25.1 Å². The van der Waals surface area contributed by atoms with Crippen LogP contribution in [0.15, 0.2) is 46.9 Å². The van der Waals surface area contributed by atoms with Crippen LogP contribution < -0.4 is 9.64 Å². The summed E-state index contributed by atoms with van der Waals surface area (Å²) in [6, 6.07) is 12.6. The fourth-order valence-electron chi connectivity index (χ4n) is 3.02. The van der Waals surface area contributed by atoms with E-state index in [9.17, 15) is 9.18 Å². The van der Waals surface area contributed by atoms with E-state index in [0.717, 1.165) is 10.9 Å². The molecule has 138 valence electrons. The van der Waals surface area contributed by atoms with Gasteiger partial charge in [-0.25, -0.2) is 4.39 Å². The number of piperazine rings is 1. The molecule has 1 heterocycles. The third-order valence-corrected chi connectivity index (χ3v) is 5.20. The lowest BCUT2D eigenvalue weighted by Crippen LogP contribution is -2.50. The van der Waals surface area contributed by atoms with Gasteiger partial charge >= 0.3 is 0 Å². The molecule has 1 fully saturated rings. The summed E-state index contributed by atoms with van der Waals surface area (Å²) in [4.78, 5) is 16.2. The van der Waals surface area contributed by atoms with E-state index >= 15 is 0 Å². The summed E-state index contributed by atoms with van der Waals surface area (Å²) in [6.07, 6.45) is 0.949. The van der Waals surface area contributed by atoms with Crippen molar-refractivity contribution in [3.05, 3.63) is 58.3 Å². The van der Waals surface area contributed by atoms with Crippen molar-refractivity contribution in [1.29, 1.82) is 0 Å². The quantitative estimate of drug-likeness (QED) is 0.735. The number of hydrogen-bond donors (Lipinski definition) is 0. The molecular formula is C20H22BrFN2O2. The molecular weight excluding hydrogens is 399 g/mol. The highest BCUT2D eigenvalue weighted by molar-refractivity contribution is 9.10. The van der Waals surface area contributed by atoms with Gasteiger partial charge in [0.2, 0.25) is 0 Å². The Bertz CT molecular complexity index is 776. The Hall–Kier alpha value is -2.08.